The molecular weight excluding hydrogens is 212 g/mol. The Morgan fingerprint density at radius 2 is 2.18 bits per heavy atom. The molecule has 0 atom stereocenters. The third-order valence-electron chi connectivity index (χ3n) is 2.72. The van der Waals surface area contributed by atoms with Gasteiger partial charge in [0.05, 0.1) is 6.61 Å². The zero-order valence-electron chi connectivity index (χ0n) is 11.0. The van der Waals surface area contributed by atoms with Gasteiger partial charge in [0.1, 0.15) is 5.82 Å². The first-order valence-electron chi connectivity index (χ1n) is 6.09. The molecule has 1 aromatic heterocycles. The molecule has 0 amide bonds. The van der Waals surface area contributed by atoms with Crippen molar-refractivity contribution >= 4 is 5.82 Å². The highest BCUT2D eigenvalue weighted by Gasteiger charge is 2.09. The maximum atomic E-state index is 9.29. The molecule has 0 aliphatic rings. The Balaban J connectivity index is 3.12. The Morgan fingerprint density at radius 1 is 1.47 bits per heavy atom. The van der Waals surface area contributed by atoms with Crippen LogP contribution in [0.2, 0.25) is 0 Å². The smallest absolute Gasteiger partial charge is 0.129 e. The van der Waals surface area contributed by atoms with Crippen LogP contribution in [0, 0.1) is 0 Å². The SMILES string of the molecule is C=CCN(CC)c1cc(CO)cc(C(C)C)n1. The molecule has 0 aliphatic heterocycles. The molecule has 3 nitrogen and oxygen atoms in total. The maximum Gasteiger partial charge on any atom is 0.129 e. The van der Waals surface area contributed by atoms with E-state index in [4.69, 9.17) is 0 Å². The van der Waals surface area contributed by atoms with Crippen molar-refractivity contribution in [3.63, 3.8) is 0 Å². The van der Waals surface area contributed by atoms with Gasteiger partial charge in [0.2, 0.25) is 0 Å². The van der Waals surface area contributed by atoms with Crippen molar-refractivity contribution < 1.29 is 5.11 Å². The van der Waals surface area contributed by atoms with Crippen molar-refractivity contribution in [2.45, 2.75) is 33.3 Å². The van der Waals surface area contributed by atoms with Gasteiger partial charge < -0.3 is 10.0 Å². The van der Waals surface area contributed by atoms with Gasteiger partial charge in [0.25, 0.3) is 0 Å². The van der Waals surface area contributed by atoms with Crippen LogP contribution < -0.4 is 4.90 Å². The first-order chi connectivity index (χ1) is 8.12. The highest BCUT2D eigenvalue weighted by atomic mass is 16.3. The molecule has 17 heavy (non-hydrogen) atoms. The third-order valence-corrected chi connectivity index (χ3v) is 2.72. The van der Waals surface area contributed by atoms with E-state index >= 15 is 0 Å². The topological polar surface area (TPSA) is 36.4 Å². The summed E-state index contributed by atoms with van der Waals surface area (Å²) in [6, 6.07) is 3.91. The molecule has 0 saturated carbocycles. The molecule has 0 aromatic carbocycles. The molecule has 1 heterocycles. The normalized spacial score (nSPS) is 10.6. The van der Waals surface area contributed by atoms with Gasteiger partial charge in [-0.2, -0.15) is 0 Å². The van der Waals surface area contributed by atoms with E-state index < -0.39 is 0 Å². The summed E-state index contributed by atoms with van der Waals surface area (Å²) in [4.78, 5) is 6.77. The second kappa shape index (κ2) is 6.40. The van der Waals surface area contributed by atoms with Crippen LogP contribution in [0.25, 0.3) is 0 Å². The number of likely N-dealkylation sites (N-methyl/N-ethyl adjacent to an activating group) is 1. The van der Waals surface area contributed by atoms with Gasteiger partial charge in [-0.25, -0.2) is 4.98 Å². The molecule has 0 bridgehead atoms. The van der Waals surface area contributed by atoms with Crippen molar-refractivity contribution in [3.05, 3.63) is 36.0 Å². The number of anilines is 1. The molecule has 0 radical (unpaired) electrons. The number of pyridine rings is 1. The van der Waals surface area contributed by atoms with Crippen molar-refractivity contribution in [1.82, 2.24) is 4.98 Å². The summed E-state index contributed by atoms with van der Waals surface area (Å²) >= 11 is 0. The van der Waals surface area contributed by atoms with Crippen LogP contribution in [-0.4, -0.2) is 23.2 Å². The highest BCUT2D eigenvalue weighted by molar-refractivity contribution is 5.43. The van der Waals surface area contributed by atoms with Gasteiger partial charge in [-0.1, -0.05) is 19.9 Å². The van der Waals surface area contributed by atoms with E-state index in [2.05, 4.69) is 37.2 Å². The summed E-state index contributed by atoms with van der Waals surface area (Å²) in [6.07, 6.45) is 1.87. The van der Waals surface area contributed by atoms with E-state index in [-0.39, 0.29) is 6.61 Å². The van der Waals surface area contributed by atoms with Gasteiger partial charge in [-0.15, -0.1) is 6.58 Å². The summed E-state index contributed by atoms with van der Waals surface area (Å²) in [7, 11) is 0. The number of aliphatic hydroxyl groups is 1. The molecule has 1 N–H and O–H groups in total. The lowest BCUT2D eigenvalue weighted by Crippen LogP contribution is -2.24. The van der Waals surface area contributed by atoms with Crippen LogP contribution in [0.4, 0.5) is 5.82 Å². The van der Waals surface area contributed by atoms with Gasteiger partial charge in [-0.3, -0.25) is 0 Å². The van der Waals surface area contributed by atoms with E-state index in [0.717, 1.165) is 30.2 Å². The third kappa shape index (κ3) is 3.56. The van der Waals surface area contributed by atoms with Crippen molar-refractivity contribution in [2.75, 3.05) is 18.0 Å². The van der Waals surface area contributed by atoms with Crippen LogP contribution in [0.1, 0.15) is 37.9 Å². The predicted molar refractivity (Wildman–Crippen MR) is 72.3 cm³/mol. The summed E-state index contributed by atoms with van der Waals surface area (Å²) in [6.45, 7) is 11.8. The monoisotopic (exact) mass is 234 g/mol. The lowest BCUT2D eigenvalue weighted by atomic mass is 10.1. The van der Waals surface area contributed by atoms with Crippen LogP contribution in [0.3, 0.4) is 0 Å². The molecular formula is C14H22N2O. The number of aromatic nitrogens is 1. The van der Waals surface area contributed by atoms with Gasteiger partial charge in [0.15, 0.2) is 0 Å². The highest BCUT2D eigenvalue weighted by Crippen LogP contribution is 2.20. The molecule has 1 rings (SSSR count). The molecule has 0 fully saturated rings. The van der Waals surface area contributed by atoms with Crippen molar-refractivity contribution in [3.8, 4) is 0 Å². The zero-order valence-corrected chi connectivity index (χ0v) is 11.0. The molecule has 1 aromatic rings. The zero-order chi connectivity index (χ0) is 12.8. The van der Waals surface area contributed by atoms with E-state index in [9.17, 15) is 5.11 Å². The fourth-order valence-electron chi connectivity index (χ4n) is 1.68. The predicted octanol–water partition coefficient (Wildman–Crippen LogP) is 2.71. The summed E-state index contributed by atoms with van der Waals surface area (Å²) in [5, 5.41) is 9.29. The number of nitrogens with zero attached hydrogens (tertiary/aromatic N) is 2. The minimum Gasteiger partial charge on any atom is -0.392 e. The van der Waals surface area contributed by atoms with E-state index in [0.29, 0.717) is 5.92 Å². The Labute approximate surface area is 104 Å². The van der Waals surface area contributed by atoms with Crippen LogP contribution in [0.5, 0.6) is 0 Å². The molecule has 0 spiro atoms. The fourth-order valence-corrected chi connectivity index (χ4v) is 1.68. The second-order valence-corrected chi connectivity index (χ2v) is 4.40. The number of hydrogen-bond acceptors (Lipinski definition) is 3. The van der Waals surface area contributed by atoms with Gasteiger partial charge >= 0.3 is 0 Å². The standard InChI is InChI=1S/C14H22N2O/c1-5-7-16(6-2)14-9-12(10-17)8-13(15-14)11(3)4/h5,8-9,11,17H,1,6-7,10H2,2-4H3. The quantitative estimate of drug-likeness (QED) is 0.769. The van der Waals surface area contributed by atoms with Crippen LogP contribution in [-0.2, 0) is 6.61 Å². The van der Waals surface area contributed by atoms with Crippen LogP contribution in [0.15, 0.2) is 24.8 Å². The van der Waals surface area contributed by atoms with Gasteiger partial charge in [-0.05, 0) is 30.5 Å². The maximum absolute atomic E-state index is 9.29. The van der Waals surface area contributed by atoms with E-state index in [1.807, 2.05) is 18.2 Å². The number of hydrogen-bond donors (Lipinski definition) is 1. The Morgan fingerprint density at radius 3 is 2.65 bits per heavy atom. The first-order valence-corrected chi connectivity index (χ1v) is 6.09. The average Bonchev–Trinajstić information content (AvgIpc) is 2.35. The molecule has 0 aliphatic carbocycles. The Bertz CT molecular complexity index is 374. The molecule has 0 unspecified atom stereocenters. The summed E-state index contributed by atoms with van der Waals surface area (Å²) < 4.78 is 0. The average molecular weight is 234 g/mol. The minimum absolute atomic E-state index is 0.0564. The number of aliphatic hydroxyl groups excluding tert-OH is 1. The Kier molecular flexibility index (Phi) is 5.16. The Hall–Kier alpha value is -1.35. The second-order valence-electron chi connectivity index (χ2n) is 4.40. The molecule has 94 valence electrons. The van der Waals surface area contributed by atoms with Crippen molar-refractivity contribution in [2.24, 2.45) is 0 Å². The lowest BCUT2D eigenvalue weighted by molar-refractivity contribution is 0.281. The largest absolute Gasteiger partial charge is 0.392 e. The first kappa shape index (κ1) is 13.7. The fraction of sp³-hybridized carbons (Fsp3) is 0.500. The molecule has 3 heteroatoms. The van der Waals surface area contributed by atoms with E-state index in [1.54, 1.807) is 0 Å². The summed E-state index contributed by atoms with van der Waals surface area (Å²) in [5.74, 6) is 1.28. The summed E-state index contributed by atoms with van der Waals surface area (Å²) in [5.41, 5.74) is 1.94. The number of rotatable bonds is 6. The molecule has 0 saturated heterocycles. The lowest BCUT2D eigenvalue weighted by Gasteiger charge is -2.22. The van der Waals surface area contributed by atoms with E-state index in [1.165, 1.54) is 0 Å². The van der Waals surface area contributed by atoms with Gasteiger partial charge in [0, 0.05) is 18.8 Å². The minimum atomic E-state index is 0.0564. The van der Waals surface area contributed by atoms with Crippen LogP contribution >= 0.6 is 0 Å². The van der Waals surface area contributed by atoms with Crippen molar-refractivity contribution in [1.29, 1.82) is 0 Å².